The van der Waals surface area contributed by atoms with Crippen LogP contribution in [-0.2, 0) is 158 Å². The van der Waals surface area contributed by atoms with Crippen molar-refractivity contribution in [3.63, 3.8) is 0 Å². The number of urea groups is 4. The number of aromatic hydroxyl groups is 5. The maximum absolute atomic E-state index is 14.3. The second kappa shape index (κ2) is 65.8. The fraction of sp³-hybridized carbons (Fsp3) is 0.570. The normalized spacial score (nSPS) is 15.1. The summed E-state index contributed by atoms with van der Waals surface area (Å²) in [6.45, 7) is -3.53. The number of halogens is 9. The van der Waals surface area contributed by atoms with Gasteiger partial charge in [0.1, 0.15) is 123 Å². The van der Waals surface area contributed by atoms with Gasteiger partial charge in [-0.05, 0) is 95.4 Å². The number of rotatable bonds is 48. The van der Waals surface area contributed by atoms with E-state index in [1.807, 2.05) is 0 Å². The Balaban J connectivity index is 0.000000457. The first-order valence-electron chi connectivity index (χ1n) is 42.4. The van der Waals surface area contributed by atoms with E-state index < -0.39 is 159 Å². The average Bonchev–Trinajstić information content (AvgIpc) is 1.53. The Bertz CT molecular complexity index is 4370. The predicted molar refractivity (Wildman–Crippen MR) is 522 cm³/mol. The van der Waals surface area contributed by atoms with Gasteiger partial charge in [-0.1, -0.05) is 0 Å². The molecule has 5 aromatic carbocycles. The quantitative estimate of drug-likeness (QED) is 0.0103. The van der Waals surface area contributed by atoms with E-state index >= 15 is 0 Å². The molecule has 17 N–H and O–H groups in total. The summed E-state index contributed by atoms with van der Waals surface area (Å²) < 4.78 is 167. The van der Waals surface area contributed by atoms with E-state index in [0.29, 0.717) is 58.8 Å². The molecule has 6 aromatic rings. The minimum atomic E-state index is -6.06. The van der Waals surface area contributed by atoms with E-state index in [-0.39, 0.29) is 174 Å². The third-order valence-corrected chi connectivity index (χ3v) is 21.4. The molecule has 49 nitrogen and oxygen atoms in total. The van der Waals surface area contributed by atoms with Crippen LogP contribution >= 0.6 is 59.9 Å². The number of benzene rings is 5. The van der Waals surface area contributed by atoms with Gasteiger partial charge in [-0.2, -0.15) is 41.3 Å². The molecule has 4 heterocycles. The van der Waals surface area contributed by atoms with Crippen molar-refractivity contribution in [2.45, 2.75) is 121 Å². The third-order valence-electron chi connectivity index (χ3n) is 21.4. The van der Waals surface area contributed by atoms with Gasteiger partial charge in [0.2, 0.25) is 23.3 Å². The fourth-order valence-electron chi connectivity index (χ4n) is 14.8. The molecule has 1 aromatic heterocycles. The summed E-state index contributed by atoms with van der Waals surface area (Å²) in [5.41, 5.74) is -9.40. The topological polar surface area (TPSA) is 611 Å². The van der Waals surface area contributed by atoms with Crippen molar-refractivity contribution in [3.8, 4) is 28.7 Å². The molecule has 0 bridgehead atoms. The third kappa shape index (κ3) is 34.0. The first kappa shape index (κ1) is 131. The van der Waals surface area contributed by atoms with Gasteiger partial charge >= 0.3 is 101 Å². The number of hydrogen-bond acceptors (Lipinski definition) is 41. The summed E-state index contributed by atoms with van der Waals surface area (Å²) in [5, 5.41) is 152. The average molecular weight is 2470 g/mol. The molecule has 3 fully saturated rings. The number of aliphatic hydroxyl groups is 10. The molecule has 0 spiro atoms. The van der Waals surface area contributed by atoms with Crippen LogP contribution in [0.1, 0.15) is 90.4 Å². The standard InChI is InChI=1S/C26H30O9.C19H18F6O6.C15H30N6O6.C12H22N4O6.C9H18N2O5.C5H12N2O3.3HI.V/c1-26(20-2-14(8-27)23(33)15(3-20)9-28,21-4-16(10-29)24(34)17(5-21)11-30)22-6-18(12-31)25(35)19(7-22)13-32;20-18(21,22)17(19(23,24)25,13-1-9(5-26)15(30)10(2-13)6-27)14-3-11(7-28)16(31)12(4-14)8-29;1-22-7-19(8-23-2)13-16-14(20(9-24-3)10-25-4)18-15(17-13)21(11-26-5)12-27-6;1-19-5-13-9-10(15(7-21-3)11(13)17)16(8-22-4)12(18)14(9)6-20-2;1-13-5-10-7(15-3)8(16-4)11(6-14-2)9(10)12;1-9-3-6-5(8)7-4-10-2;;;;/h2-7,27-35H,8-13H2,1H3;1-4,26-31H,5-8H2;7-12H2,1-6H3;9-10H,5-8H2,1-4H3;7-8H,5-6H2,1-4H3;3-4H2,1-2H3,(H2,6,7,8);3*1H;/q;;;;;;;;;+3/p-3. The van der Waals surface area contributed by atoms with E-state index in [1.165, 1.54) is 137 Å². The molecular weight excluding hydrogens is 2330 g/mol. The Hall–Kier alpha value is -8.10. The molecule has 2 atom stereocenters. The summed E-state index contributed by atoms with van der Waals surface area (Å²) in [4.78, 5) is 74.8. The number of aliphatic hydroxyl groups excluding tert-OH is 10. The number of amides is 8. The minimum absolute atomic E-state index is 0.0640. The number of nitrogens with zero attached hydrogens (tertiary/aromatic N) is 12. The number of methoxy groups -OCH3 is 16. The number of hydrogen-bond donors (Lipinski definition) is 17. The van der Waals surface area contributed by atoms with Gasteiger partial charge in [0.05, 0.1) is 66.1 Å². The van der Waals surface area contributed by atoms with Crippen molar-refractivity contribution < 1.29 is 203 Å². The number of carbonyl (C=O) groups excluding carboxylic acids is 4. The number of anilines is 3. The number of nitrogens with one attached hydrogen (secondary N) is 2. The van der Waals surface area contributed by atoms with E-state index in [1.54, 1.807) is 64.3 Å². The van der Waals surface area contributed by atoms with Crippen LogP contribution in [0.5, 0.6) is 28.7 Å². The Labute approximate surface area is 870 Å². The van der Waals surface area contributed by atoms with Crippen LogP contribution in [-0.4, -0.2) is 390 Å². The van der Waals surface area contributed by atoms with Gasteiger partial charge in [0.15, 0.2) is 24.8 Å². The maximum atomic E-state index is 14.3. The fourth-order valence-corrected chi connectivity index (χ4v) is 14.8. The first-order valence-corrected chi connectivity index (χ1v) is 55.9. The number of alkyl halides is 6. The molecular formula is C86H130F6I3N14O35V. The molecule has 3 aliphatic heterocycles. The molecule has 0 aliphatic carbocycles. The van der Waals surface area contributed by atoms with Crippen LogP contribution in [0.3, 0.4) is 0 Å². The molecule has 822 valence electrons. The summed E-state index contributed by atoms with van der Waals surface area (Å²) in [6, 6.07) is 9.33. The number of aromatic nitrogens is 3. The molecule has 8 amide bonds. The van der Waals surface area contributed by atoms with Gasteiger partial charge in [-0.15, -0.1) is 0 Å². The zero-order valence-corrected chi connectivity index (χ0v) is 90.5. The van der Waals surface area contributed by atoms with Gasteiger partial charge in [0.25, 0.3) is 0 Å². The van der Waals surface area contributed by atoms with Crippen molar-refractivity contribution >= 4 is 102 Å². The molecule has 9 rings (SSSR count). The van der Waals surface area contributed by atoms with Crippen molar-refractivity contribution in [2.75, 3.05) is 223 Å². The molecule has 3 aliphatic rings. The van der Waals surface area contributed by atoms with Crippen molar-refractivity contribution in [1.29, 1.82) is 0 Å². The Morgan fingerprint density at radius 2 is 0.510 bits per heavy atom. The van der Waals surface area contributed by atoms with Crippen LogP contribution in [0.25, 0.3) is 0 Å². The Morgan fingerprint density at radius 3 is 0.669 bits per heavy atom. The van der Waals surface area contributed by atoms with E-state index in [0.717, 1.165) is 0 Å². The van der Waals surface area contributed by atoms with Gasteiger partial charge in [0, 0.05) is 175 Å². The van der Waals surface area contributed by atoms with E-state index in [9.17, 15) is 122 Å². The van der Waals surface area contributed by atoms with Crippen molar-refractivity contribution in [2.24, 2.45) is 0 Å². The van der Waals surface area contributed by atoms with Crippen molar-refractivity contribution in [3.05, 3.63) is 144 Å². The molecule has 145 heavy (non-hydrogen) atoms. The monoisotopic (exact) mass is 2460 g/mol. The van der Waals surface area contributed by atoms with Gasteiger partial charge in [-0.3, -0.25) is 44.1 Å². The molecule has 2 unspecified atom stereocenters. The first-order chi connectivity index (χ1) is 69.0. The summed E-state index contributed by atoms with van der Waals surface area (Å²) in [6.07, 6.45) is -14.1. The van der Waals surface area contributed by atoms with Crippen LogP contribution in [0.2, 0.25) is 0 Å². The van der Waals surface area contributed by atoms with Crippen LogP contribution in [0.4, 0.5) is 63.4 Å². The second-order valence-electron chi connectivity index (χ2n) is 30.5. The molecule has 59 heteroatoms. The summed E-state index contributed by atoms with van der Waals surface area (Å²) >= 11 is 7.39. The summed E-state index contributed by atoms with van der Waals surface area (Å²) in [7, 11) is 24.5. The van der Waals surface area contributed by atoms with Crippen LogP contribution in [0, 0.1) is 0 Å². The zero-order valence-electron chi connectivity index (χ0n) is 82.6. The number of ether oxygens (including phenoxy) is 16. The van der Waals surface area contributed by atoms with E-state index in [4.69, 9.17) is 66.3 Å². The summed E-state index contributed by atoms with van der Waals surface area (Å²) in [5.74, 6) is -1.44. The molecule has 0 radical (unpaired) electrons. The Morgan fingerprint density at radius 1 is 0.331 bits per heavy atom. The van der Waals surface area contributed by atoms with Gasteiger partial charge < -0.3 is 163 Å². The molecule has 3 saturated heterocycles. The number of carbonyl (C=O) groups is 4. The number of fused-ring (bicyclic) bond motifs is 1. The zero-order chi connectivity index (χ0) is 110. The van der Waals surface area contributed by atoms with Crippen molar-refractivity contribution in [1.82, 2.24) is 55.0 Å². The number of phenols is 5. The predicted octanol–water partition coefficient (Wildman–Crippen LogP) is 5.06. The second-order valence-corrected chi connectivity index (χ2v) is 65.9. The van der Waals surface area contributed by atoms with Crippen LogP contribution < -0.4 is 25.3 Å². The van der Waals surface area contributed by atoms with Crippen LogP contribution in [0.15, 0.2) is 60.7 Å². The van der Waals surface area contributed by atoms with E-state index in [2.05, 4.69) is 95.0 Å². The van der Waals surface area contributed by atoms with Gasteiger partial charge in [-0.25, -0.2) is 19.2 Å². The molecule has 0 saturated carbocycles. The SMILES string of the molecule is CC(c1cc(CO)c(O)c(CO)c1)(c1cc(CO)c(O)c(CO)c1)c1cc(CO)c(O)c(CO)c1.COCN(COC)c1nc(N(COC)COC)nc(N(COC)COC)n1.COCN1C(=O)N(COC)C(OC)C1OC.COCN1C(=O)N(COC)C2C1N(COC)C(=O)N2COC.COCNC(=O)NCOC.OCc1cc(C(c2cc(CO)c(O)c(CO)c2)(C(F)(F)F)C(F)(F)F)cc(CO)c1O.[I][V]([I])[I]. The Kier molecular flexibility index (Phi) is 59.5.